The summed E-state index contributed by atoms with van der Waals surface area (Å²) < 4.78 is 0. The van der Waals surface area contributed by atoms with Crippen LogP contribution in [-0.2, 0) is 14.5 Å². The number of pyridine rings is 1. The predicted octanol–water partition coefficient (Wildman–Crippen LogP) is 4.61. The Bertz CT molecular complexity index is 1130. The van der Waals surface area contributed by atoms with Gasteiger partial charge in [0.25, 0.3) is 0 Å². The SMILES string of the molecule is N#CC(Cl)(c1ccccc1)c1ccc(NC(=O)CC2CC(c3cccnc3)=NO2)cc1. The lowest BCUT2D eigenvalue weighted by Gasteiger charge is -2.20. The monoisotopic (exact) mass is 430 g/mol. The summed E-state index contributed by atoms with van der Waals surface area (Å²) in [5.74, 6) is -0.180. The van der Waals surface area contributed by atoms with Crippen molar-refractivity contribution < 1.29 is 9.63 Å². The number of anilines is 1. The fourth-order valence-corrected chi connectivity index (χ4v) is 3.66. The average Bonchev–Trinajstić information content (AvgIpc) is 3.28. The Labute approximate surface area is 185 Å². The van der Waals surface area contributed by atoms with E-state index < -0.39 is 4.87 Å². The highest BCUT2D eigenvalue weighted by molar-refractivity contribution is 6.28. The molecule has 7 heteroatoms. The summed E-state index contributed by atoms with van der Waals surface area (Å²) in [4.78, 5) is 20.6. The molecule has 1 amide bonds. The molecule has 4 rings (SSSR count). The molecule has 0 fully saturated rings. The highest BCUT2D eigenvalue weighted by atomic mass is 35.5. The van der Waals surface area contributed by atoms with Crippen LogP contribution in [-0.4, -0.2) is 22.7 Å². The van der Waals surface area contributed by atoms with Crippen LogP contribution in [0, 0.1) is 11.3 Å². The number of hydrogen-bond acceptors (Lipinski definition) is 5. The largest absolute Gasteiger partial charge is 0.391 e. The third kappa shape index (κ3) is 4.57. The smallest absolute Gasteiger partial charge is 0.228 e. The van der Waals surface area contributed by atoms with E-state index in [0.29, 0.717) is 23.2 Å². The topological polar surface area (TPSA) is 87.4 Å². The average molecular weight is 431 g/mol. The van der Waals surface area contributed by atoms with Crippen LogP contribution >= 0.6 is 11.6 Å². The fourth-order valence-electron chi connectivity index (χ4n) is 3.41. The summed E-state index contributed by atoms with van der Waals surface area (Å²) in [6.45, 7) is 0. The molecule has 2 aromatic carbocycles. The molecule has 1 N–H and O–H groups in total. The van der Waals surface area contributed by atoms with E-state index in [-0.39, 0.29) is 18.4 Å². The van der Waals surface area contributed by atoms with E-state index in [0.717, 1.165) is 11.3 Å². The predicted molar refractivity (Wildman–Crippen MR) is 119 cm³/mol. The standard InChI is InChI=1S/C24H19ClN4O2/c25-24(16-26,18-6-2-1-3-7-18)19-8-10-20(11-9-19)28-23(30)14-21-13-22(29-31-21)17-5-4-12-27-15-17/h1-12,15,21H,13-14H2,(H,28,30). The summed E-state index contributed by atoms with van der Waals surface area (Å²) in [6.07, 6.45) is 3.82. The van der Waals surface area contributed by atoms with Gasteiger partial charge in [-0.05, 0) is 35.4 Å². The second-order valence-electron chi connectivity index (χ2n) is 7.18. The van der Waals surface area contributed by atoms with Crippen LogP contribution in [0.2, 0.25) is 0 Å². The molecule has 2 atom stereocenters. The molecule has 3 aromatic rings. The van der Waals surface area contributed by atoms with Crippen LogP contribution in [0.15, 0.2) is 84.3 Å². The summed E-state index contributed by atoms with van der Waals surface area (Å²) in [6, 6.07) is 22.1. The van der Waals surface area contributed by atoms with Gasteiger partial charge in [-0.1, -0.05) is 59.2 Å². The van der Waals surface area contributed by atoms with Gasteiger partial charge in [0.1, 0.15) is 6.10 Å². The highest BCUT2D eigenvalue weighted by Crippen LogP contribution is 2.36. The zero-order valence-electron chi connectivity index (χ0n) is 16.5. The number of nitrogens with zero attached hydrogens (tertiary/aromatic N) is 3. The van der Waals surface area contributed by atoms with Gasteiger partial charge in [-0.25, -0.2) is 0 Å². The minimum absolute atomic E-state index is 0.177. The van der Waals surface area contributed by atoms with Crippen LogP contribution in [0.3, 0.4) is 0 Å². The Kier molecular flexibility index (Phi) is 5.96. The number of nitrogens with one attached hydrogen (secondary N) is 1. The summed E-state index contributed by atoms with van der Waals surface area (Å²) in [5.41, 5.74) is 3.62. The van der Waals surface area contributed by atoms with Crippen LogP contribution < -0.4 is 5.32 Å². The van der Waals surface area contributed by atoms with Crippen molar-refractivity contribution >= 4 is 28.9 Å². The van der Waals surface area contributed by atoms with Crippen LogP contribution in [0.5, 0.6) is 0 Å². The van der Waals surface area contributed by atoms with E-state index >= 15 is 0 Å². The number of hydrogen-bond donors (Lipinski definition) is 1. The number of rotatable bonds is 6. The maximum absolute atomic E-state index is 12.4. The van der Waals surface area contributed by atoms with E-state index in [1.54, 1.807) is 36.7 Å². The minimum Gasteiger partial charge on any atom is -0.391 e. The van der Waals surface area contributed by atoms with Crippen molar-refractivity contribution in [3.05, 3.63) is 95.8 Å². The Morgan fingerprint density at radius 1 is 1.13 bits per heavy atom. The molecule has 2 heterocycles. The second-order valence-corrected chi connectivity index (χ2v) is 7.74. The van der Waals surface area contributed by atoms with Crippen molar-refractivity contribution in [2.75, 3.05) is 5.32 Å². The molecule has 0 saturated heterocycles. The van der Waals surface area contributed by atoms with Gasteiger partial charge >= 0.3 is 0 Å². The van der Waals surface area contributed by atoms with Gasteiger partial charge in [0.2, 0.25) is 5.91 Å². The third-order valence-electron chi connectivity index (χ3n) is 5.03. The second kappa shape index (κ2) is 8.99. The molecule has 31 heavy (non-hydrogen) atoms. The number of halogens is 1. The number of amides is 1. The normalized spacial score (nSPS) is 17.0. The Hall–Kier alpha value is -3.69. The number of carbonyl (C=O) groups is 1. The van der Waals surface area contributed by atoms with Gasteiger partial charge in [0.15, 0.2) is 4.87 Å². The number of oxime groups is 1. The summed E-state index contributed by atoms with van der Waals surface area (Å²) >= 11 is 6.63. The first-order valence-electron chi connectivity index (χ1n) is 9.77. The van der Waals surface area contributed by atoms with Gasteiger partial charge in [0, 0.05) is 30.1 Å². The molecule has 6 nitrogen and oxygen atoms in total. The van der Waals surface area contributed by atoms with E-state index in [1.807, 2.05) is 42.5 Å². The van der Waals surface area contributed by atoms with E-state index in [9.17, 15) is 10.1 Å². The third-order valence-corrected chi connectivity index (χ3v) is 5.55. The molecule has 0 bridgehead atoms. The number of aromatic nitrogens is 1. The number of carbonyl (C=O) groups excluding carboxylic acids is 1. The Morgan fingerprint density at radius 2 is 1.87 bits per heavy atom. The lowest BCUT2D eigenvalue weighted by molar-refractivity contribution is -0.118. The molecule has 154 valence electrons. The highest BCUT2D eigenvalue weighted by Gasteiger charge is 2.32. The fraction of sp³-hybridized carbons (Fsp3) is 0.167. The van der Waals surface area contributed by atoms with Crippen molar-refractivity contribution in [1.82, 2.24) is 4.98 Å². The molecule has 2 unspecified atom stereocenters. The van der Waals surface area contributed by atoms with Gasteiger partial charge in [-0.15, -0.1) is 0 Å². The van der Waals surface area contributed by atoms with Crippen LogP contribution in [0.4, 0.5) is 5.69 Å². The van der Waals surface area contributed by atoms with E-state index in [4.69, 9.17) is 16.4 Å². The van der Waals surface area contributed by atoms with E-state index in [2.05, 4.69) is 21.5 Å². The Morgan fingerprint density at radius 3 is 2.55 bits per heavy atom. The lowest BCUT2D eigenvalue weighted by Crippen LogP contribution is -2.21. The van der Waals surface area contributed by atoms with Crippen LogP contribution in [0.25, 0.3) is 0 Å². The number of benzene rings is 2. The molecular formula is C24H19ClN4O2. The first-order valence-corrected chi connectivity index (χ1v) is 10.2. The molecule has 0 aliphatic carbocycles. The maximum atomic E-state index is 12.4. The zero-order valence-corrected chi connectivity index (χ0v) is 17.3. The van der Waals surface area contributed by atoms with Gasteiger partial charge in [-0.3, -0.25) is 9.78 Å². The van der Waals surface area contributed by atoms with Crippen molar-refractivity contribution in [3.63, 3.8) is 0 Å². The molecule has 0 saturated carbocycles. The van der Waals surface area contributed by atoms with Crippen molar-refractivity contribution in [2.24, 2.45) is 5.16 Å². The quantitative estimate of drug-likeness (QED) is 0.578. The minimum atomic E-state index is -1.29. The first kappa shape index (κ1) is 20.6. The number of nitriles is 1. The lowest BCUT2D eigenvalue weighted by atomic mass is 9.91. The molecule has 1 aromatic heterocycles. The molecule has 1 aliphatic heterocycles. The first-order chi connectivity index (χ1) is 15.1. The Balaban J connectivity index is 1.36. The molecule has 0 spiro atoms. The molecular weight excluding hydrogens is 412 g/mol. The summed E-state index contributed by atoms with van der Waals surface area (Å²) in [7, 11) is 0. The zero-order chi connectivity index (χ0) is 21.7. The van der Waals surface area contributed by atoms with Crippen molar-refractivity contribution in [1.29, 1.82) is 5.26 Å². The van der Waals surface area contributed by atoms with Gasteiger partial charge < -0.3 is 10.2 Å². The molecule has 0 radical (unpaired) electrons. The van der Waals surface area contributed by atoms with Crippen molar-refractivity contribution in [3.8, 4) is 6.07 Å². The summed E-state index contributed by atoms with van der Waals surface area (Å²) in [5, 5.41) is 16.6. The maximum Gasteiger partial charge on any atom is 0.228 e. The van der Waals surface area contributed by atoms with E-state index in [1.165, 1.54) is 0 Å². The van der Waals surface area contributed by atoms with Crippen molar-refractivity contribution in [2.45, 2.75) is 23.8 Å². The number of alkyl halides is 1. The molecule has 1 aliphatic rings. The van der Waals surface area contributed by atoms with Crippen LogP contribution in [0.1, 0.15) is 29.5 Å². The van der Waals surface area contributed by atoms with Gasteiger partial charge in [-0.2, -0.15) is 5.26 Å². The van der Waals surface area contributed by atoms with Gasteiger partial charge in [0.05, 0.1) is 18.2 Å².